The van der Waals surface area contributed by atoms with E-state index in [1.807, 2.05) is 66.4 Å². The van der Waals surface area contributed by atoms with Crippen LogP contribution in [-0.2, 0) is 29.2 Å². The van der Waals surface area contributed by atoms with E-state index in [-0.39, 0.29) is 12.6 Å². The van der Waals surface area contributed by atoms with Gasteiger partial charge in [0.1, 0.15) is 6.61 Å². The molecule has 0 aliphatic carbocycles. The molecule has 1 aliphatic rings. The molecule has 0 fully saturated rings. The number of hydrogen-bond donors (Lipinski definition) is 0. The van der Waals surface area contributed by atoms with Crippen LogP contribution in [0.4, 0.5) is 4.79 Å². The van der Waals surface area contributed by atoms with E-state index in [4.69, 9.17) is 9.47 Å². The highest BCUT2D eigenvalue weighted by atomic mass is 16.6. The molecular weight excluding hydrogens is 376 g/mol. The minimum atomic E-state index is -0.659. The van der Waals surface area contributed by atoms with Crippen molar-refractivity contribution in [3.8, 4) is 11.1 Å². The third-order valence-electron chi connectivity index (χ3n) is 4.98. The molecule has 0 saturated carbocycles. The van der Waals surface area contributed by atoms with E-state index in [2.05, 4.69) is 29.3 Å². The molecule has 0 unspecified atom stereocenters. The highest BCUT2D eigenvalue weighted by Gasteiger charge is 2.23. The highest BCUT2D eigenvalue weighted by Crippen LogP contribution is 2.32. The number of hydrogen-bond acceptors (Lipinski definition) is 3. The largest absolute Gasteiger partial charge is 0.465 e. The summed E-state index contributed by atoms with van der Waals surface area (Å²) in [6.45, 7) is 3.65. The van der Waals surface area contributed by atoms with E-state index in [0.717, 1.165) is 16.7 Å². The smallest absolute Gasteiger partial charge is 0.438 e. The van der Waals surface area contributed by atoms with Gasteiger partial charge in [-0.1, -0.05) is 78.9 Å². The van der Waals surface area contributed by atoms with E-state index in [9.17, 15) is 4.79 Å². The second kappa shape index (κ2) is 9.27. The van der Waals surface area contributed by atoms with Crippen molar-refractivity contribution in [2.75, 3.05) is 6.61 Å². The summed E-state index contributed by atoms with van der Waals surface area (Å²) in [5, 5.41) is 0. The van der Waals surface area contributed by atoms with Crippen molar-refractivity contribution < 1.29 is 14.3 Å². The Bertz CT molecular complexity index is 1000. The van der Waals surface area contributed by atoms with Crippen molar-refractivity contribution in [1.82, 2.24) is 4.90 Å². The number of nitrogens with zero attached hydrogens (tertiary/aromatic N) is 2. The van der Waals surface area contributed by atoms with Crippen LogP contribution in [-0.4, -0.2) is 23.6 Å². The van der Waals surface area contributed by atoms with Crippen molar-refractivity contribution in [3.05, 3.63) is 95.6 Å². The van der Waals surface area contributed by atoms with Crippen molar-refractivity contribution in [2.24, 2.45) is 4.99 Å². The molecule has 1 amide bonds. The standard InChI is InChI=1S/C25H24N2O3/c1-2-29-24(26-25(28)30-18-19-10-4-3-5-11-19)27-16-20-12-6-8-14-22(20)23-15-9-7-13-21(23)17-27/h3-15H,2,16-18H2,1H3. The zero-order valence-corrected chi connectivity index (χ0v) is 17.0. The predicted octanol–water partition coefficient (Wildman–Crippen LogP) is 5.40. The van der Waals surface area contributed by atoms with Gasteiger partial charge in [0.25, 0.3) is 6.02 Å². The van der Waals surface area contributed by atoms with E-state index >= 15 is 0 Å². The van der Waals surface area contributed by atoms with Crippen LogP contribution in [0.5, 0.6) is 0 Å². The van der Waals surface area contributed by atoms with Gasteiger partial charge in [-0.2, -0.15) is 0 Å². The molecule has 3 aromatic rings. The molecular formula is C25H24N2O3. The van der Waals surface area contributed by atoms with Crippen LogP contribution in [0.15, 0.2) is 83.9 Å². The fraction of sp³-hybridized carbons (Fsp3) is 0.200. The van der Waals surface area contributed by atoms with Crippen LogP contribution in [0.3, 0.4) is 0 Å². The number of carbonyl (C=O) groups is 1. The van der Waals surface area contributed by atoms with E-state index in [0.29, 0.717) is 19.7 Å². The summed E-state index contributed by atoms with van der Waals surface area (Å²) in [6.07, 6.45) is -0.659. The number of carbonyl (C=O) groups excluding carboxylic acids is 1. The van der Waals surface area contributed by atoms with Gasteiger partial charge in [-0.15, -0.1) is 4.99 Å². The molecule has 1 aliphatic heterocycles. The molecule has 0 saturated heterocycles. The third-order valence-corrected chi connectivity index (χ3v) is 4.98. The molecule has 4 rings (SSSR count). The Kier molecular flexibility index (Phi) is 6.09. The maximum atomic E-state index is 12.4. The molecule has 3 aromatic carbocycles. The Balaban J connectivity index is 1.59. The molecule has 0 atom stereocenters. The summed E-state index contributed by atoms with van der Waals surface area (Å²) in [4.78, 5) is 18.5. The summed E-state index contributed by atoms with van der Waals surface area (Å²) in [6, 6.07) is 26.4. The van der Waals surface area contributed by atoms with Gasteiger partial charge in [-0.3, -0.25) is 0 Å². The Morgan fingerprint density at radius 2 is 1.40 bits per heavy atom. The van der Waals surface area contributed by atoms with Gasteiger partial charge in [0.15, 0.2) is 0 Å². The molecule has 5 nitrogen and oxygen atoms in total. The summed E-state index contributed by atoms with van der Waals surface area (Å²) < 4.78 is 11.1. The van der Waals surface area contributed by atoms with Crippen LogP contribution >= 0.6 is 0 Å². The van der Waals surface area contributed by atoms with Crippen LogP contribution in [0.25, 0.3) is 11.1 Å². The second-order valence-electron chi connectivity index (χ2n) is 7.04. The maximum Gasteiger partial charge on any atom is 0.438 e. The first kappa shape index (κ1) is 19.7. The van der Waals surface area contributed by atoms with Crippen molar-refractivity contribution in [2.45, 2.75) is 26.6 Å². The number of benzene rings is 3. The van der Waals surface area contributed by atoms with Crippen molar-refractivity contribution in [3.63, 3.8) is 0 Å². The number of fused-ring (bicyclic) bond motifs is 3. The summed E-state index contributed by atoms with van der Waals surface area (Å²) in [5.41, 5.74) is 5.62. The molecule has 0 aromatic heterocycles. The van der Waals surface area contributed by atoms with Gasteiger partial charge in [-0.25, -0.2) is 4.79 Å². The molecule has 0 bridgehead atoms. The van der Waals surface area contributed by atoms with Crippen molar-refractivity contribution in [1.29, 1.82) is 0 Å². The fourth-order valence-corrected chi connectivity index (χ4v) is 3.60. The van der Waals surface area contributed by atoms with Gasteiger partial charge in [-0.05, 0) is 34.7 Å². The highest BCUT2D eigenvalue weighted by molar-refractivity contribution is 5.87. The van der Waals surface area contributed by atoms with E-state index in [1.54, 1.807) is 0 Å². The monoisotopic (exact) mass is 400 g/mol. The number of rotatable bonds is 3. The van der Waals surface area contributed by atoms with Crippen molar-refractivity contribution >= 4 is 12.1 Å². The van der Waals surface area contributed by atoms with Gasteiger partial charge in [0.2, 0.25) is 0 Å². The number of amidine groups is 1. The lowest BCUT2D eigenvalue weighted by atomic mass is 9.97. The first-order valence-electron chi connectivity index (χ1n) is 10.1. The zero-order valence-electron chi connectivity index (χ0n) is 17.0. The minimum Gasteiger partial charge on any atom is -0.465 e. The van der Waals surface area contributed by atoms with E-state index in [1.165, 1.54) is 11.1 Å². The third kappa shape index (κ3) is 4.51. The lowest BCUT2D eigenvalue weighted by molar-refractivity contribution is 0.147. The SMILES string of the molecule is CCOC(=NC(=O)OCc1ccccc1)N1Cc2ccccc2-c2ccccc2C1. The molecule has 0 radical (unpaired) electrons. The quantitative estimate of drug-likeness (QED) is 0.436. The van der Waals surface area contributed by atoms with Crippen LogP contribution < -0.4 is 0 Å². The minimum absolute atomic E-state index is 0.175. The summed E-state index contributed by atoms with van der Waals surface area (Å²) >= 11 is 0. The molecule has 5 heteroatoms. The average Bonchev–Trinajstić information content (AvgIpc) is 2.95. The topological polar surface area (TPSA) is 51.1 Å². The van der Waals surface area contributed by atoms with Crippen LogP contribution in [0, 0.1) is 0 Å². The lowest BCUT2D eigenvalue weighted by Crippen LogP contribution is -2.32. The van der Waals surface area contributed by atoms with Gasteiger partial charge in [0.05, 0.1) is 6.61 Å². The Morgan fingerprint density at radius 3 is 2.00 bits per heavy atom. The molecule has 0 spiro atoms. The maximum absolute atomic E-state index is 12.4. The van der Waals surface area contributed by atoms with Gasteiger partial charge in [0, 0.05) is 13.1 Å². The lowest BCUT2D eigenvalue weighted by Gasteiger charge is -2.24. The molecule has 1 heterocycles. The molecule has 0 N–H and O–H groups in total. The molecule has 152 valence electrons. The Morgan fingerprint density at radius 1 is 0.833 bits per heavy atom. The normalized spacial score (nSPS) is 13.1. The first-order valence-corrected chi connectivity index (χ1v) is 10.1. The Labute approximate surface area is 176 Å². The van der Waals surface area contributed by atoms with Gasteiger partial charge < -0.3 is 14.4 Å². The van der Waals surface area contributed by atoms with Crippen LogP contribution in [0.1, 0.15) is 23.6 Å². The Hall–Kier alpha value is -3.60. The number of amides is 1. The second-order valence-corrected chi connectivity index (χ2v) is 7.04. The molecule has 30 heavy (non-hydrogen) atoms. The average molecular weight is 400 g/mol. The first-order chi connectivity index (χ1) is 14.7. The fourth-order valence-electron chi connectivity index (χ4n) is 3.60. The number of aliphatic imine (C=N–C) groups is 1. The van der Waals surface area contributed by atoms with Crippen LogP contribution in [0.2, 0.25) is 0 Å². The number of ether oxygens (including phenoxy) is 2. The summed E-state index contributed by atoms with van der Waals surface area (Å²) in [7, 11) is 0. The van der Waals surface area contributed by atoms with Gasteiger partial charge >= 0.3 is 6.09 Å². The summed E-state index contributed by atoms with van der Waals surface area (Å²) in [5.74, 6) is 0. The zero-order chi connectivity index (χ0) is 20.8. The van der Waals surface area contributed by atoms with E-state index < -0.39 is 6.09 Å². The predicted molar refractivity (Wildman–Crippen MR) is 117 cm³/mol.